The summed E-state index contributed by atoms with van der Waals surface area (Å²) in [6.45, 7) is 3.84. The molecule has 0 aromatic carbocycles. The third-order valence-electron chi connectivity index (χ3n) is 4.08. The van der Waals surface area contributed by atoms with E-state index in [1.165, 1.54) is 12.8 Å². The molecule has 0 amide bonds. The first kappa shape index (κ1) is 14.5. The van der Waals surface area contributed by atoms with Crippen LogP contribution in [0.25, 0.3) is 0 Å². The van der Waals surface area contributed by atoms with Crippen LogP contribution >= 0.6 is 0 Å². The average molecular weight is 316 g/mol. The molecule has 2 aromatic heterocycles. The summed E-state index contributed by atoms with van der Waals surface area (Å²) in [6.07, 6.45) is 4.12. The zero-order valence-corrected chi connectivity index (χ0v) is 12.9. The van der Waals surface area contributed by atoms with Crippen molar-refractivity contribution >= 4 is 5.82 Å². The van der Waals surface area contributed by atoms with Gasteiger partial charge >= 0.3 is 0 Å². The number of aromatic nitrogens is 4. The SMILES string of the molecule is c1cnnc(NCC2CN(Cc3noc(C4CC4)n3)CCO2)c1. The van der Waals surface area contributed by atoms with Gasteiger partial charge in [-0.2, -0.15) is 10.1 Å². The maximum absolute atomic E-state index is 5.80. The lowest BCUT2D eigenvalue weighted by Gasteiger charge is -2.32. The quantitative estimate of drug-likeness (QED) is 0.846. The second-order valence-corrected chi connectivity index (χ2v) is 6.04. The third kappa shape index (κ3) is 3.83. The smallest absolute Gasteiger partial charge is 0.229 e. The summed E-state index contributed by atoms with van der Waals surface area (Å²) in [5.41, 5.74) is 0. The van der Waals surface area contributed by atoms with Crippen LogP contribution in [0, 0.1) is 0 Å². The van der Waals surface area contributed by atoms with Gasteiger partial charge in [-0.05, 0) is 25.0 Å². The van der Waals surface area contributed by atoms with Crippen LogP contribution in [0.5, 0.6) is 0 Å². The zero-order chi connectivity index (χ0) is 15.5. The number of nitrogens with zero attached hydrogens (tertiary/aromatic N) is 5. The Morgan fingerprint density at radius 2 is 2.30 bits per heavy atom. The van der Waals surface area contributed by atoms with Gasteiger partial charge in [-0.3, -0.25) is 4.90 Å². The van der Waals surface area contributed by atoms with Gasteiger partial charge < -0.3 is 14.6 Å². The van der Waals surface area contributed by atoms with Crippen LogP contribution in [-0.2, 0) is 11.3 Å². The van der Waals surface area contributed by atoms with E-state index in [-0.39, 0.29) is 6.10 Å². The van der Waals surface area contributed by atoms with E-state index < -0.39 is 0 Å². The van der Waals surface area contributed by atoms with Gasteiger partial charge in [-0.15, -0.1) is 5.10 Å². The predicted octanol–water partition coefficient (Wildman–Crippen LogP) is 1.05. The molecule has 1 aliphatic heterocycles. The van der Waals surface area contributed by atoms with E-state index in [1.807, 2.05) is 12.1 Å². The van der Waals surface area contributed by atoms with Gasteiger partial charge in [0.1, 0.15) is 5.82 Å². The van der Waals surface area contributed by atoms with Crippen LogP contribution < -0.4 is 5.32 Å². The molecule has 0 spiro atoms. The van der Waals surface area contributed by atoms with E-state index in [4.69, 9.17) is 9.26 Å². The molecule has 1 N–H and O–H groups in total. The standard InChI is InChI=1S/C15H20N6O2/c1-2-13(19-17-5-1)16-8-12-9-21(6-7-22-12)10-14-18-15(23-20-14)11-3-4-11/h1-2,5,11-12H,3-4,6-10H2,(H,16,19). The lowest BCUT2D eigenvalue weighted by atomic mass is 10.2. The Balaban J connectivity index is 1.28. The third-order valence-corrected chi connectivity index (χ3v) is 4.08. The minimum absolute atomic E-state index is 0.112. The van der Waals surface area contributed by atoms with Crippen LogP contribution in [0.2, 0.25) is 0 Å². The van der Waals surface area contributed by atoms with Crippen molar-refractivity contribution in [3.63, 3.8) is 0 Å². The molecule has 1 unspecified atom stereocenters. The number of anilines is 1. The Morgan fingerprint density at radius 3 is 3.13 bits per heavy atom. The summed E-state index contributed by atoms with van der Waals surface area (Å²) in [4.78, 5) is 6.79. The van der Waals surface area contributed by atoms with Crippen molar-refractivity contribution in [2.45, 2.75) is 31.4 Å². The van der Waals surface area contributed by atoms with Crippen molar-refractivity contribution in [3.8, 4) is 0 Å². The second kappa shape index (κ2) is 6.59. The maximum Gasteiger partial charge on any atom is 0.229 e. The fraction of sp³-hybridized carbons (Fsp3) is 0.600. The molecule has 122 valence electrons. The van der Waals surface area contributed by atoms with Crippen molar-refractivity contribution in [3.05, 3.63) is 30.0 Å². The number of morpholine rings is 1. The number of hydrogen-bond donors (Lipinski definition) is 1. The van der Waals surface area contributed by atoms with Gasteiger partial charge in [-0.1, -0.05) is 5.16 Å². The number of ether oxygens (including phenoxy) is 1. The molecule has 1 saturated carbocycles. The van der Waals surface area contributed by atoms with Gasteiger partial charge in [-0.25, -0.2) is 0 Å². The monoisotopic (exact) mass is 316 g/mol. The molecule has 8 nitrogen and oxygen atoms in total. The van der Waals surface area contributed by atoms with Gasteiger partial charge in [0.15, 0.2) is 5.82 Å². The summed E-state index contributed by atoms with van der Waals surface area (Å²) in [6, 6.07) is 3.75. The molecular formula is C15H20N6O2. The largest absolute Gasteiger partial charge is 0.374 e. The maximum atomic E-state index is 5.80. The molecule has 8 heteroatoms. The summed E-state index contributed by atoms with van der Waals surface area (Å²) in [5.74, 6) is 2.84. The summed E-state index contributed by atoms with van der Waals surface area (Å²) < 4.78 is 11.1. The summed E-state index contributed by atoms with van der Waals surface area (Å²) in [5, 5.41) is 15.2. The van der Waals surface area contributed by atoms with Crippen molar-refractivity contribution < 1.29 is 9.26 Å². The molecule has 2 aliphatic rings. The van der Waals surface area contributed by atoms with E-state index in [0.29, 0.717) is 25.6 Å². The fourth-order valence-corrected chi connectivity index (χ4v) is 2.69. The second-order valence-electron chi connectivity index (χ2n) is 6.04. The van der Waals surface area contributed by atoms with Crippen LogP contribution in [0.1, 0.15) is 30.5 Å². The van der Waals surface area contributed by atoms with Crippen molar-refractivity contribution in [2.24, 2.45) is 0 Å². The summed E-state index contributed by atoms with van der Waals surface area (Å²) in [7, 11) is 0. The molecule has 1 atom stereocenters. The minimum Gasteiger partial charge on any atom is -0.374 e. The lowest BCUT2D eigenvalue weighted by molar-refractivity contribution is -0.0250. The van der Waals surface area contributed by atoms with E-state index in [2.05, 4.69) is 30.6 Å². The highest BCUT2D eigenvalue weighted by molar-refractivity contribution is 5.31. The average Bonchev–Trinajstić information content (AvgIpc) is 3.34. The Hall–Kier alpha value is -2.06. The van der Waals surface area contributed by atoms with E-state index in [1.54, 1.807) is 6.20 Å². The topological polar surface area (TPSA) is 89.2 Å². The summed E-state index contributed by atoms with van der Waals surface area (Å²) >= 11 is 0. The first-order chi connectivity index (χ1) is 11.4. The Bertz CT molecular complexity index is 630. The van der Waals surface area contributed by atoms with Crippen LogP contribution in [0.3, 0.4) is 0 Å². The highest BCUT2D eigenvalue weighted by Gasteiger charge is 2.30. The fourth-order valence-electron chi connectivity index (χ4n) is 2.69. The van der Waals surface area contributed by atoms with Crippen LogP contribution in [0.4, 0.5) is 5.82 Å². The predicted molar refractivity (Wildman–Crippen MR) is 81.8 cm³/mol. The number of hydrogen-bond acceptors (Lipinski definition) is 8. The highest BCUT2D eigenvalue weighted by Crippen LogP contribution is 2.38. The molecule has 1 saturated heterocycles. The molecule has 0 radical (unpaired) electrons. The van der Waals surface area contributed by atoms with Crippen LogP contribution in [-0.4, -0.2) is 57.6 Å². The lowest BCUT2D eigenvalue weighted by Crippen LogP contribution is -2.45. The molecule has 2 aromatic rings. The number of nitrogens with one attached hydrogen (secondary N) is 1. The van der Waals surface area contributed by atoms with Crippen molar-refractivity contribution in [1.82, 2.24) is 25.2 Å². The molecule has 3 heterocycles. The van der Waals surface area contributed by atoms with E-state index in [0.717, 1.165) is 30.6 Å². The van der Waals surface area contributed by atoms with Gasteiger partial charge in [0.2, 0.25) is 5.89 Å². The molecule has 23 heavy (non-hydrogen) atoms. The number of rotatable bonds is 6. The molecule has 4 rings (SSSR count). The first-order valence-corrected chi connectivity index (χ1v) is 8.05. The molecule has 1 aliphatic carbocycles. The minimum atomic E-state index is 0.112. The zero-order valence-electron chi connectivity index (χ0n) is 12.9. The van der Waals surface area contributed by atoms with E-state index >= 15 is 0 Å². The van der Waals surface area contributed by atoms with Crippen molar-refractivity contribution in [1.29, 1.82) is 0 Å². The Labute approximate surface area is 134 Å². The molecule has 2 fully saturated rings. The van der Waals surface area contributed by atoms with Gasteiger partial charge in [0.25, 0.3) is 0 Å². The Morgan fingerprint density at radius 1 is 1.35 bits per heavy atom. The van der Waals surface area contributed by atoms with Crippen LogP contribution in [0.15, 0.2) is 22.9 Å². The molecular weight excluding hydrogens is 296 g/mol. The van der Waals surface area contributed by atoms with Gasteiger partial charge in [0, 0.05) is 31.7 Å². The van der Waals surface area contributed by atoms with E-state index in [9.17, 15) is 0 Å². The molecule has 0 bridgehead atoms. The first-order valence-electron chi connectivity index (χ1n) is 8.05. The Kier molecular flexibility index (Phi) is 4.16. The normalized spacial score (nSPS) is 22.2. The van der Waals surface area contributed by atoms with Gasteiger partial charge in [0.05, 0.1) is 19.3 Å². The van der Waals surface area contributed by atoms with Crippen molar-refractivity contribution in [2.75, 3.05) is 31.6 Å². The highest BCUT2D eigenvalue weighted by atomic mass is 16.5.